The molecule has 1 fully saturated rings. The Morgan fingerprint density at radius 2 is 2.07 bits per heavy atom. The van der Waals surface area contributed by atoms with Crippen molar-refractivity contribution in [1.82, 2.24) is 25.0 Å². The number of carbonyl (C=O) groups is 1. The maximum Gasteiger partial charge on any atom is 0.308 e. The first-order valence-corrected chi connectivity index (χ1v) is 10.1. The molecule has 2 aromatic heterocycles. The van der Waals surface area contributed by atoms with Crippen LogP contribution in [0.3, 0.4) is 0 Å². The van der Waals surface area contributed by atoms with Gasteiger partial charge in [0, 0.05) is 31.5 Å². The molecule has 0 atom stereocenters. The lowest BCUT2D eigenvalue weighted by atomic mass is 9.97. The van der Waals surface area contributed by atoms with Crippen LogP contribution >= 0.6 is 0 Å². The Kier molecular flexibility index (Phi) is 6.85. The molecule has 0 aromatic carbocycles. The zero-order chi connectivity index (χ0) is 20.8. The van der Waals surface area contributed by atoms with Gasteiger partial charge in [0.05, 0.1) is 25.3 Å². The van der Waals surface area contributed by atoms with Gasteiger partial charge in [-0.25, -0.2) is 14.7 Å². The molecule has 0 unspecified atom stereocenters. The Balaban J connectivity index is 1.64. The van der Waals surface area contributed by atoms with Crippen molar-refractivity contribution in [2.45, 2.75) is 40.2 Å². The van der Waals surface area contributed by atoms with Gasteiger partial charge in [-0.15, -0.1) is 0 Å². The number of nitrogens with one attached hydrogen (secondary N) is 1. The number of guanidine groups is 1. The lowest BCUT2D eigenvalue weighted by molar-refractivity contribution is -0.146. The largest absolute Gasteiger partial charge is 0.469 e. The molecule has 0 aliphatic carbocycles. The predicted octanol–water partition coefficient (Wildman–Crippen LogP) is 2.23. The molecule has 8 nitrogen and oxygen atoms in total. The second-order valence-electron chi connectivity index (χ2n) is 7.32. The van der Waals surface area contributed by atoms with Gasteiger partial charge in [0.1, 0.15) is 0 Å². The first-order chi connectivity index (χ1) is 14.0. The third kappa shape index (κ3) is 5.13. The number of pyridine rings is 1. The molecular formula is C21H30N6O2. The van der Waals surface area contributed by atoms with Crippen molar-refractivity contribution in [3.63, 3.8) is 0 Å². The van der Waals surface area contributed by atoms with E-state index in [1.54, 1.807) is 0 Å². The van der Waals surface area contributed by atoms with E-state index in [4.69, 9.17) is 9.73 Å². The van der Waals surface area contributed by atoms with Crippen LogP contribution in [0.4, 0.5) is 0 Å². The monoisotopic (exact) mass is 398 g/mol. The van der Waals surface area contributed by atoms with E-state index in [-0.39, 0.29) is 11.9 Å². The number of ether oxygens (including phenoxy) is 1. The van der Waals surface area contributed by atoms with Gasteiger partial charge in [0.2, 0.25) is 0 Å². The summed E-state index contributed by atoms with van der Waals surface area (Å²) in [5.74, 6) is 1.56. The van der Waals surface area contributed by atoms with Crippen LogP contribution in [0.5, 0.6) is 0 Å². The number of carbonyl (C=O) groups excluding carboxylic acids is 1. The van der Waals surface area contributed by atoms with E-state index in [1.807, 2.05) is 42.9 Å². The van der Waals surface area contributed by atoms with Crippen LogP contribution in [0.1, 0.15) is 36.7 Å². The Bertz CT molecular complexity index is 851. The molecule has 0 saturated carbocycles. The first-order valence-electron chi connectivity index (χ1n) is 10.1. The van der Waals surface area contributed by atoms with Gasteiger partial charge in [0.15, 0.2) is 11.8 Å². The van der Waals surface area contributed by atoms with Gasteiger partial charge in [0.25, 0.3) is 0 Å². The van der Waals surface area contributed by atoms with Gasteiger partial charge in [-0.05, 0) is 51.3 Å². The predicted molar refractivity (Wildman–Crippen MR) is 112 cm³/mol. The maximum absolute atomic E-state index is 11.7. The highest BCUT2D eigenvalue weighted by Gasteiger charge is 2.26. The highest BCUT2D eigenvalue weighted by Crippen LogP contribution is 2.19. The minimum absolute atomic E-state index is 0.00902. The van der Waals surface area contributed by atoms with E-state index in [0.717, 1.165) is 61.2 Å². The molecule has 1 saturated heterocycles. The molecule has 1 aliphatic rings. The quantitative estimate of drug-likeness (QED) is 0.472. The van der Waals surface area contributed by atoms with Crippen LogP contribution in [-0.2, 0) is 16.1 Å². The molecule has 0 spiro atoms. The summed E-state index contributed by atoms with van der Waals surface area (Å²) in [5, 5.41) is 7.82. The number of piperidine rings is 1. The highest BCUT2D eigenvalue weighted by atomic mass is 16.5. The molecule has 3 rings (SSSR count). The number of rotatable bonds is 5. The molecule has 8 heteroatoms. The number of nitrogens with zero attached hydrogens (tertiary/aromatic N) is 5. The van der Waals surface area contributed by atoms with Crippen LogP contribution in [0, 0.1) is 19.8 Å². The average Bonchev–Trinajstić information content (AvgIpc) is 3.09. The number of aromatic nitrogens is 3. The minimum Gasteiger partial charge on any atom is -0.469 e. The number of esters is 1. The standard InChI is InChI=1S/C21H30N6O2/c1-5-22-21(26-10-8-18(9-11-26)20(28)29-4)24-14-17-6-7-19(23-13-17)27-16(3)12-15(2)25-27/h6-7,12-13,18H,5,8-11,14H2,1-4H3,(H,22,24). The van der Waals surface area contributed by atoms with Gasteiger partial charge < -0.3 is 15.0 Å². The normalized spacial score (nSPS) is 15.4. The molecule has 0 bridgehead atoms. The summed E-state index contributed by atoms with van der Waals surface area (Å²) in [6.45, 7) is 8.98. The summed E-state index contributed by atoms with van der Waals surface area (Å²) in [5.41, 5.74) is 3.07. The minimum atomic E-state index is -0.111. The van der Waals surface area contributed by atoms with Crippen molar-refractivity contribution in [3.8, 4) is 5.82 Å². The molecular weight excluding hydrogens is 368 g/mol. The number of aliphatic imine (C=N–C) groups is 1. The van der Waals surface area contributed by atoms with Gasteiger partial charge >= 0.3 is 5.97 Å². The smallest absolute Gasteiger partial charge is 0.308 e. The molecule has 2 aromatic rings. The number of hydrogen-bond donors (Lipinski definition) is 1. The molecule has 156 valence electrons. The Labute approximate surface area is 172 Å². The second-order valence-corrected chi connectivity index (χ2v) is 7.32. The summed E-state index contributed by atoms with van der Waals surface area (Å²) >= 11 is 0. The summed E-state index contributed by atoms with van der Waals surface area (Å²) in [4.78, 5) is 23.3. The van der Waals surface area contributed by atoms with Crippen molar-refractivity contribution in [1.29, 1.82) is 0 Å². The van der Waals surface area contributed by atoms with Crippen LogP contribution in [0.15, 0.2) is 29.4 Å². The van der Waals surface area contributed by atoms with E-state index >= 15 is 0 Å². The third-order valence-corrected chi connectivity index (χ3v) is 5.11. The van der Waals surface area contributed by atoms with Crippen LogP contribution in [-0.4, -0.2) is 58.3 Å². The third-order valence-electron chi connectivity index (χ3n) is 5.11. The van der Waals surface area contributed by atoms with Crippen LogP contribution in [0.2, 0.25) is 0 Å². The van der Waals surface area contributed by atoms with Crippen molar-refractivity contribution in [2.75, 3.05) is 26.7 Å². The lowest BCUT2D eigenvalue weighted by Gasteiger charge is -2.33. The summed E-state index contributed by atoms with van der Waals surface area (Å²) in [7, 11) is 1.45. The van der Waals surface area contributed by atoms with Crippen LogP contribution < -0.4 is 5.32 Å². The fourth-order valence-corrected chi connectivity index (χ4v) is 3.58. The topological polar surface area (TPSA) is 84.6 Å². The molecule has 3 heterocycles. The molecule has 1 aliphatic heterocycles. The summed E-state index contributed by atoms with van der Waals surface area (Å²) in [6.07, 6.45) is 3.42. The Morgan fingerprint density at radius 3 is 2.62 bits per heavy atom. The number of aryl methyl sites for hydroxylation is 2. The second kappa shape index (κ2) is 9.54. The van der Waals surface area contributed by atoms with Crippen LogP contribution in [0.25, 0.3) is 5.82 Å². The van der Waals surface area contributed by atoms with Gasteiger partial charge in [-0.3, -0.25) is 4.79 Å². The van der Waals surface area contributed by atoms with Gasteiger partial charge in [-0.1, -0.05) is 6.07 Å². The molecule has 0 radical (unpaired) electrons. The fourth-order valence-electron chi connectivity index (χ4n) is 3.58. The van der Waals surface area contributed by atoms with E-state index in [9.17, 15) is 4.79 Å². The van der Waals surface area contributed by atoms with Gasteiger partial charge in [-0.2, -0.15) is 5.10 Å². The molecule has 1 N–H and O–H groups in total. The van der Waals surface area contributed by atoms with Crippen molar-refractivity contribution >= 4 is 11.9 Å². The molecule has 0 amide bonds. The first kappa shape index (κ1) is 20.8. The van der Waals surface area contributed by atoms with E-state index < -0.39 is 0 Å². The van der Waals surface area contributed by atoms with E-state index in [0.29, 0.717) is 6.54 Å². The van der Waals surface area contributed by atoms with E-state index in [2.05, 4.69) is 27.2 Å². The SMILES string of the molecule is CCNC(=NCc1ccc(-n2nc(C)cc2C)nc1)N1CCC(C(=O)OC)CC1. The highest BCUT2D eigenvalue weighted by molar-refractivity contribution is 5.80. The number of methoxy groups -OCH3 is 1. The molecule has 29 heavy (non-hydrogen) atoms. The Morgan fingerprint density at radius 1 is 1.31 bits per heavy atom. The average molecular weight is 399 g/mol. The Hall–Kier alpha value is -2.90. The zero-order valence-electron chi connectivity index (χ0n) is 17.7. The van der Waals surface area contributed by atoms with E-state index in [1.165, 1.54) is 7.11 Å². The number of likely N-dealkylation sites (tertiary alicyclic amines) is 1. The van der Waals surface area contributed by atoms with Crippen molar-refractivity contribution < 1.29 is 9.53 Å². The summed E-state index contributed by atoms with van der Waals surface area (Å²) in [6, 6.07) is 6.04. The van der Waals surface area contributed by atoms with Crippen molar-refractivity contribution in [2.24, 2.45) is 10.9 Å². The lowest BCUT2D eigenvalue weighted by Crippen LogP contribution is -2.46. The maximum atomic E-state index is 11.7. The fraction of sp³-hybridized carbons (Fsp3) is 0.524. The zero-order valence-corrected chi connectivity index (χ0v) is 17.7. The van der Waals surface area contributed by atoms with Crippen molar-refractivity contribution in [3.05, 3.63) is 41.3 Å². The summed E-state index contributed by atoms with van der Waals surface area (Å²) < 4.78 is 6.72. The number of hydrogen-bond acceptors (Lipinski definition) is 5.